The van der Waals surface area contributed by atoms with E-state index in [0.717, 1.165) is 30.8 Å². The fraction of sp³-hybridized carbons (Fsp3) is 0.519. The number of aromatic hydroxyl groups is 1. The Balaban J connectivity index is 1.36. The van der Waals surface area contributed by atoms with Gasteiger partial charge in [0, 0.05) is 25.2 Å². The second-order valence-corrected chi connectivity index (χ2v) is 9.83. The van der Waals surface area contributed by atoms with Gasteiger partial charge in [0.2, 0.25) is 5.91 Å². The quantitative estimate of drug-likeness (QED) is 0.776. The monoisotopic (exact) mass is 434 g/mol. The number of phenolic OH excluding ortho intramolecular Hbond substituents is 1. The summed E-state index contributed by atoms with van der Waals surface area (Å²) >= 11 is 0. The van der Waals surface area contributed by atoms with Crippen molar-refractivity contribution in [3.63, 3.8) is 0 Å². The minimum absolute atomic E-state index is 0.190. The molecule has 3 aliphatic heterocycles. The molecule has 0 unspecified atom stereocenters. The molecule has 3 fully saturated rings. The van der Waals surface area contributed by atoms with E-state index in [1.807, 2.05) is 18.2 Å². The van der Waals surface area contributed by atoms with Gasteiger partial charge in [-0.15, -0.1) is 0 Å². The smallest absolute Gasteiger partial charge is 0.227 e. The van der Waals surface area contributed by atoms with Crippen molar-refractivity contribution in [1.82, 2.24) is 9.80 Å². The van der Waals surface area contributed by atoms with Gasteiger partial charge in [-0.05, 0) is 79.5 Å². The molecule has 5 rings (SSSR count). The molecule has 32 heavy (non-hydrogen) atoms. The van der Waals surface area contributed by atoms with E-state index in [4.69, 9.17) is 4.74 Å². The van der Waals surface area contributed by atoms with E-state index in [9.17, 15) is 9.90 Å². The third-order valence-corrected chi connectivity index (χ3v) is 7.82. The SMILES string of the molecule is COc1cccc(C[C@H]2[C@H]3C[C@H](CN(C(=O)Cc4cccc(O)c4)C3)[C@@H]3CCCCN32)c1. The van der Waals surface area contributed by atoms with Crippen LogP contribution in [0.25, 0.3) is 0 Å². The summed E-state index contributed by atoms with van der Waals surface area (Å²) in [5.41, 5.74) is 2.21. The van der Waals surface area contributed by atoms with E-state index in [2.05, 4.69) is 28.0 Å². The van der Waals surface area contributed by atoms with Crippen molar-refractivity contribution in [1.29, 1.82) is 0 Å². The minimum Gasteiger partial charge on any atom is -0.508 e. The molecule has 0 aromatic heterocycles. The Labute approximate surface area is 191 Å². The molecule has 2 aromatic rings. The lowest BCUT2D eigenvalue weighted by Gasteiger charge is -2.57. The van der Waals surface area contributed by atoms with Gasteiger partial charge >= 0.3 is 0 Å². The number of carbonyl (C=O) groups excluding carboxylic acids is 1. The molecule has 3 saturated heterocycles. The van der Waals surface area contributed by atoms with E-state index in [-0.39, 0.29) is 11.7 Å². The molecule has 5 nitrogen and oxygen atoms in total. The first-order chi connectivity index (χ1) is 15.6. The number of amides is 1. The number of nitrogens with zero attached hydrogens (tertiary/aromatic N) is 2. The average Bonchev–Trinajstić information content (AvgIpc) is 2.82. The molecule has 0 spiro atoms. The predicted octanol–water partition coefficient (Wildman–Crippen LogP) is 3.89. The van der Waals surface area contributed by atoms with Crippen LogP contribution in [0.5, 0.6) is 11.5 Å². The summed E-state index contributed by atoms with van der Waals surface area (Å²) in [6, 6.07) is 16.6. The molecule has 2 bridgehead atoms. The fourth-order valence-electron chi connectivity index (χ4n) is 6.39. The minimum atomic E-state index is 0.190. The van der Waals surface area contributed by atoms with Crippen LogP contribution in [0.2, 0.25) is 0 Å². The maximum atomic E-state index is 13.2. The van der Waals surface area contributed by atoms with Crippen LogP contribution in [0.3, 0.4) is 0 Å². The number of rotatable bonds is 5. The highest BCUT2D eigenvalue weighted by Gasteiger charge is 2.47. The Morgan fingerprint density at radius 3 is 2.72 bits per heavy atom. The first-order valence-electron chi connectivity index (χ1n) is 12.0. The second-order valence-electron chi connectivity index (χ2n) is 9.83. The Hall–Kier alpha value is -2.53. The largest absolute Gasteiger partial charge is 0.508 e. The average molecular weight is 435 g/mol. The highest BCUT2D eigenvalue weighted by molar-refractivity contribution is 5.79. The van der Waals surface area contributed by atoms with Crippen molar-refractivity contribution < 1.29 is 14.6 Å². The number of benzene rings is 2. The molecule has 4 atom stereocenters. The van der Waals surface area contributed by atoms with Crippen LogP contribution in [-0.4, -0.2) is 59.6 Å². The molecule has 0 radical (unpaired) electrons. The maximum Gasteiger partial charge on any atom is 0.227 e. The number of carbonyl (C=O) groups is 1. The number of piperidine rings is 3. The zero-order chi connectivity index (χ0) is 22.1. The summed E-state index contributed by atoms with van der Waals surface area (Å²) in [6.45, 7) is 2.90. The van der Waals surface area contributed by atoms with Gasteiger partial charge in [0.25, 0.3) is 0 Å². The van der Waals surface area contributed by atoms with Gasteiger partial charge in [-0.1, -0.05) is 30.7 Å². The first-order valence-corrected chi connectivity index (χ1v) is 12.0. The molecular formula is C27H34N2O3. The number of likely N-dealkylation sites (tertiary alicyclic amines) is 1. The lowest BCUT2D eigenvalue weighted by molar-refractivity contribution is -0.140. The molecule has 3 heterocycles. The van der Waals surface area contributed by atoms with Crippen LogP contribution in [0.1, 0.15) is 36.8 Å². The molecule has 1 N–H and O–H groups in total. The molecule has 5 heteroatoms. The van der Waals surface area contributed by atoms with Crippen molar-refractivity contribution >= 4 is 5.91 Å². The van der Waals surface area contributed by atoms with Crippen LogP contribution in [0, 0.1) is 11.8 Å². The van der Waals surface area contributed by atoms with Gasteiger partial charge in [-0.3, -0.25) is 9.69 Å². The highest BCUT2D eigenvalue weighted by Crippen LogP contribution is 2.42. The number of ether oxygens (including phenoxy) is 1. The molecule has 1 amide bonds. The Morgan fingerprint density at radius 2 is 1.88 bits per heavy atom. The summed E-state index contributed by atoms with van der Waals surface area (Å²) in [7, 11) is 1.72. The van der Waals surface area contributed by atoms with Crippen LogP contribution in [0.15, 0.2) is 48.5 Å². The number of hydrogen-bond acceptors (Lipinski definition) is 4. The van der Waals surface area contributed by atoms with E-state index >= 15 is 0 Å². The fourth-order valence-corrected chi connectivity index (χ4v) is 6.39. The maximum absolute atomic E-state index is 13.2. The number of fused-ring (bicyclic) bond motifs is 4. The van der Waals surface area contributed by atoms with Crippen LogP contribution < -0.4 is 4.74 Å². The van der Waals surface area contributed by atoms with Gasteiger partial charge < -0.3 is 14.7 Å². The molecule has 2 aromatic carbocycles. The van der Waals surface area contributed by atoms with Gasteiger partial charge in [-0.2, -0.15) is 0 Å². The van der Waals surface area contributed by atoms with Crippen LogP contribution in [-0.2, 0) is 17.6 Å². The van der Waals surface area contributed by atoms with Crippen molar-refractivity contribution in [2.24, 2.45) is 11.8 Å². The van der Waals surface area contributed by atoms with Crippen molar-refractivity contribution in [3.05, 3.63) is 59.7 Å². The second kappa shape index (κ2) is 9.14. The molecule has 0 saturated carbocycles. The molecular weight excluding hydrogens is 400 g/mol. The summed E-state index contributed by atoms with van der Waals surface area (Å²) in [5.74, 6) is 2.40. The van der Waals surface area contributed by atoms with E-state index in [0.29, 0.717) is 30.3 Å². The normalized spacial score (nSPS) is 27.6. The van der Waals surface area contributed by atoms with Gasteiger partial charge in [-0.25, -0.2) is 0 Å². The Bertz CT molecular complexity index is 961. The Morgan fingerprint density at radius 1 is 1.06 bits per heavy atom. The summed E-state index contributed by atoms with van der Waals surface area (Å²) in [6.07, 6.45) is 6.44. The third-order valence-electron chi connectivity index (χ3n) is 7.82. The Kier molecular flexibility index (Phi) is 6.09. The number of hydrogen-bond donors (Lipinski definition) is 1. The lowest BCUT2D eigenvalue weighted by Crippen LogP contribution is -2.64. The number of methoxy groups -OCH3 is 1. The zero-order valence-corrected chi connectivity index (χ0v) is 19.0. The van der Waals surface area contributed by atoms with Crippen LogP contribution >= 0.6 is 0 Å². The van der Waals surface area contributed by atoms with Gasteiger partial charge in [0.15, 0.2) is 0 Å². The van der Waals surface area contributed by atoms with E-state index in [1.54, 1.807) is 19.2 Å². The topological polar surface area (TPSA) is 53.0 Å². The van der Waals surface area contributed by atoms with Crippen molar-refractivity contribution in [2.75, 3.05) is 26.7 Å². The van der Waals surface area contributed by atoms with E-state index in [1.165, 1.54) is 37.8 Å². The highest BCUT2D eigenvalue weighted by atomic mass is 16.5. The first kappa shape index (κ1) is 21.3. The van der Waals surface area contributed by atoms with Crippen molar-refractivity contribution in [3.8, 4) is 11.5 Å². The van der Waals surface area contributed by atoms with Crippen molar-refractivity contribution in [2.45, 2.75) is 50.6 Å². The number of phenols is 1. The third kappa shape index (κ3) is 4.36. The summed E-state index contributed by atoms with van der Waals surface area (Å²) in [4.78, 5) is 18.1. The van der Waals surface area contributed by atoms with E-state index < -0.39 is 0 Å². The predicted molar refractivity (Wildman–Crippen MR) is 125 cm³/mol. The summed E-state index contributed by atoms with van der Waals surface area (Å²) < 4.78 is 5.46. The summed E-state index contributed by atoms with van der Waals surface area (Å²) in [5, 5.41) is 9.77. The lowest BCUT2D eigenvalue weighted by atomic mass is 9.71. The van der Waals surface area contributed by atoms with Crippen LogP contribution in [0.4, 0.5) is 0 Å². The zero-order valence-electron chi connectivity index (χ0n) is 19.0. The molecule has 3 aliphatic rings. The van der Waals surface area contributed by atoms with Gasteiger partial charge in [0.05, 0.1) is 13.5 Å². The van der Waals surface area contributed by atoms with Gasteiger partial charge in [0.1, 0.15) is 11.5 Å². The molecule has 170 valence electrons. The molecule has 0 aliphatic carbocycles. The standard InChI is InChI=1S/C27H34N2O3/c1-32-24-9-5-7-20(13-24)14-26-22-16-21(25-10-2-3-11-29(25)26)17-28(18-22)27(31)15-19-6-4-8-23(30)12-19/h4-9,12-13,21-22,25-26,30H,2-3,10-11,14-18H2,1H3/t21-,22+,25+,26+/m1/s1.